The van der Waals surface area contributed by atoms with Crippen molar-refractivity contribution in [3.63, 3.8) is 0 Å². The molecule has 3 rings (SSSR count). The topological polar surface area (TPSA) is 75.2 Å². The normalized spacial score (nSPS) is 22.4. The molecule has 0 bridgehead atoms. The van der Waals surface area contributed by atoms with Gasteiger partial charge in [-0.2, -0.15) is 0 Å². The van der Waals surface area contributed by atoms with Gasteiger partial charge in [0.25, 0.3) is 0 Å². The van der Waals surface area contributed by atoms with E-state index < -0.39 is 9.84 Å². The minimum atomic E-state index is -3.27. The first-order chi connectivity index (χ1) is 9.49. The molecule has 0 saturated carbocycles. The van der Waals surface area contributed by atoms with Gasteiger partial charge >= 0.3 is 0 Å². The van der Waals surface area contributed by atoms with Crippen LogP contribution in [0.25, 0.3) is 0 Å². The maximum absolute atomic E-state index is 11.4. The molecule has 6 nitrogen and oxygen atoms in total. The standard InChI is InChI=1S/C13H20N4O2S/c1-20(18,19)12-9-15-11(8-16-12)17-7-4-13(10-17)2-5-14-6-3-13/h8-9,14H,2-7,10H2,1H3. The molecule has 0 amide bonds. The SMILES string of the molecule is CS(=O)(=O)c1cnc(N2CCC3(CCNCC3)C2)cn1. The van der Waals surface area contributed by atoms with Crippen LogP contribution < -0.4 is 10.2 Å². The maximum Gasteiger partial charge on any atom is 0.194 e. The number of anilines is 1. The van der Waals surface area contributed by atoms with Crippen molar-refractivity contribution in [1.82, 2.24) is 15.3 Å². The summed E-state index contributed by atoms with van der Waals surface area (Å²) in [5.41, 5.74) is 0.405. The lowest BCUT2D eigenvalue weighted by atomic mass is 9.78. The van der Waals surface area contributed by atoms with E-state index >= 15 is 0 Å². The molecule has 2 aliphatic rings. The monoisotopic (exact) mass is 296 g/mol. The highest BCUT2D eigenvalue weighted by molar-refractivity contribution is 7.90. The smallest absolute Gasteiger partial charge is 0.194 e. The molecule has 1 aromatic rings. The molecule has 1 spiro atoms. The molecule has 0 radical (unpaired) electrons. The van der Waals surface area contributed by atoms with Gasteiger partial charge in [0.2, 0.25) is 0 Å². The quantitative estimate of drug-likeness (QED) is 0.854. The van der Waals surface area contributed by atoms with Crippen molar-refractivity contribution in [3.05, 3.63) is 12.4 Å². The lowest BCUT2D eigenvalue weighted by Crippen LogP contribution is -2.38. The van der Waals surface area contributed by atoms with Crippen molar-refractivity contribution in [2.45, 2.75) is 24.3 Å². The number of rotatable bonds is 2. The van der Waals surface area contributed by atoms with Crippen LogP contribution in [0.1, 0.15) is 19.3 Å². The van der Waals surface area contributed by atoms with Crippen LogP contribution in [0.4, 0.5) is 5.82 Å². The summed E-state index contributed by atoms with van der Waals surface area (Å²) in [4.78, 5) is 10.5. The molecule has 0 atom stereocenters. The fourth-order valence-electron chi connectivity index (χ4n) is 3.16. The van der Waals surface area contributed by atoms with Crippen molar-refractivity contribution >= 4 is 15.7 Å². The number of sulfone groups is 1. The average molecular weight is 296 g/mol. The minimum absolute atomic E-state index is 0.0389. The third-order valence-electron chi connectivity index (χ3n) is 4.42. The number of aromatic nitrogens is 2. The fourth-order valence-corrected chi connectivity index (χ4v) is 3.65. The lowest BCUT2D eigenvalue weighted by molar-refractivity contribution is 0.232. The van der Waals surface area contributed by atoms with E-state index in [1.165, 1.54) is 25.5 Å². The van der Waals surface area contributed by atoms with Gasteiger partial charge in [-0.25, -0.2) is 18.4 Å². The van der Waals surface area contributed by atoms with Crippen molar-refractivity contribution in [2.24, 2.45) is 5.41 Å². The zero-order chi connectivity index (χ0) is 14.2. The third-order valence-corrected chi connectivity index (χ3v) is 5.39. The summed E-state index contributed by atoms with van der Waals surface area (Å²) in [5, 5.41) is 3.44. The molecule has 0 unspecified atom stereocenters. The highest BCUT2D eigenvalue weighted by Gasteiger charge is 2.39. The van der Waals surface area contributed by atoms with Gasteiger partial charge in [0.05, 0.1) is 12.4 Å². The Bertz CT molecular complexity index is 579. The predicted molar refractivity (Wildman–Crippen MR) is 76.5 cm³/mol. The lowest BCUT2D eigenvalue weighted by Gasteiger charge is -2.33. The molecule has 0 aromatic carbocycles. The summed E-state index contributed by atoms with van der Waals surface area (Å²) < 4.78 is 22.8. The van der Waals surface area contributed by atoms with E-state index in [0.29, 0.717) is 5.41 Å². The van der Waals surface area contributed by atoms with Crippen molar-refractivity contribution in [1.29, 1.82) is 0 Å². The van der Waals surface area contributed by atoms with Crippen LogP contribution in [-0.4, -0.2) is 50.8 Å². The number of nitrogens with one attached hydrogen (secondary N) is 1. The van der Waals surface area contributed by atoms with E-state index in [4.69, 9.17) is 0 Å². The summed E-state index contributed by atoms with van der Waals surface area (Å²) in [7, 11) is -3.27. The molecule has 110 valence electrons. The first-order valence-corrected chi connectivity index (χ1v) is 8.86. The van der Waals surface area contributed by atoms with Crippen molar-refractivity contribution < 1.29 is 8.42 Å². The van der Waals surface area contributed by atoms with E-state index in [9.17, 15) is 8.42 Å². The summed E-state index contributed by atoms with van der Waals surface area (Å²) in [6.07, 6.45) is 7.69. The fraction of sp³-hybridized carbons (Fsp3) is 0.692. The summed E-state index contributed by atoms with van der Waals surface area (Å²) >= 11 is 0. The zero-order valence-corrected chi connectivity index (χ0v) is 12.5. The Morgan fingerprint density at radius 2 is 1.95 bits per heavy atom. The molecular weight excluding hydrogens is 276 g/mol. The van der Waals surface area contributed by atoms with Crippen molar-refractivity contribution in [3.8, 4) is 0 Å². The Morgan fingerprint density at radius 1 is 1.20 bits per heavy atom. The highest BCUT2D eigenvalue weighted by Crippen LogP contribution is 2.39. The molecule has 7 heteroatoms. The van der Waals surface area contributed by atoms with E-state index in [0.717, 1.165) is 38.3 Å². The third kappa shape index (κ3) is 2.64. The van der Waals surface area contributed by atoms with E-state index in [-0.39, 0.29) is 5.03 Å². The second kappa shape index (κ2) is 4.96. The molecule has 1 N–H and O–H groups in total. The van der Waals surface area contributed by atoms with E-state index in [1.54, 1.807) is 6.20 Å². The Kier molecular flexibility index (Phi) is 3.41. The van der Waals surface area contributed by atoms with Crippen LogP contribution in [0.3, 0.4) is 0 Å². The van der Waals surface area contributed by atoms with Gasteiger partial charge in [-0.1, -0.05) is 0 Å². The summed E-state index contributed by atoms with van der Waals surface area (Å²) in [5.74, 6) is 0.785. The molecule has 20 heavy (non-hydrogen) atoms. The van der Waals surface area contributed by atoms with Crippen LogP contribution in [-0.2, 0) is 9.84 Å². The molecule has 0 aliphatic carbocycles. The Morgan fingerprint density at radius 3 is 2.55 bits per heavy atom. The number of piperidine rings is 1. The van der Waals surface area contributed by atoms with Crippen LogP contribution in [0.15, 0.2) is 17.4 Å². The van der Waals surface area contributed by atoms with Gasteiger partial charge in [-0.15, -0.1) is 0 Å². The molecule has 2 fully saturated rings. The first kappa shape index (κ1) is 13.8. The Hall–Kier alpha value is -1.21. The summed E-state index contributed by atoms with van der Waals surface area (Å²) in [6, 6.07) is 0. The van der Waals surface area contributed by atoms with Gasteiger partial charge in [0.15, 0.2) is 14.9 Å². The zero-order valence-electron chi connectivity index (χ0n) is 11.7. The predicted octanol–water partition coefficient (Wildman–Crippen LogP) is 0.460. The van der Waals surface area contributed by atoms with Crippen LogP contribution in [0, 0.1) is 5.41 Å². The maximum atomic E-state index is 11.4. The van der Waals surface area contributed by atoms with E-state index in [2.05, 4.69) is 20.2 Å². The molecule has 1 aromatic heterocycles. The van der Waals surface area contributed by atoms with Gasteiger partial charge < -0.3 is 10.2 Å². The van der Waals surface area contributed by atoms with Crippen LogP contribution >= 0.6 is 0 Å². The Balaban J connectivity index is 1.74. The van der Waals surface area contributed by atoms with Gasteiger partial charge in [0, 0.05) is 19.3 Å². The number of hydrogen-bond donors (Lipinski definition) is 1. The second-order valence-electron chi connectivity index (χ2n) is 5.91. The second-order valence-corrected chi connectivity index (χ2v) is 7.87. The van der Waals surface area contributed by atoms with Crippen LogP contribution in [0.5, 0.6) is 0 Å². The summed E-state index contributed by atoms with van der Waals surface area (Å²) in [6.45, 7) is 4.16. The highest BCUT2D eigenvalue weighted by atomic mass is 32.2. The molecule has 2 saturated heterocycles. The van der Waals surface area contributed by atoms with Gasteiger partial charge in [-0.05, 0) is 37.8 Å². The van der Waals surface area contributed by atoms with Crippen molar-refractivity contribution in [2.75, 3.05) is 37.3 Å². The van der Waals surface area contributed by atoms with Gasteiger partial charge in [0.1, 0.15) is 5.82 Å². The first-order valence-electron chi connectivity index (χ1n) is 6.96. The molecular formula is C13H20N4O2S. The average Bonchev–Trinajstić information content (AvgIpc) is 2.83. The van der Waals surface area contributed by atoms with E-state index in [1.807, 2.05) is 0 Å². The molecule has 2 aliphatic heterocycles. The Labute approximate surface area is 119 Å². The van der Waals surface area contributed by atoms with Gasteiger partial charge in [-0.3, -0.25) is 0 Å². The largest absolute Gasteiger partial charge is 0.355 e. The minimum Gasteiger partial charge on any atom is -0.355 e. The van der Waals surface area contributed by atoms with Crippen LogP contribution in [0.2, 0.25) is 0 Å². The molecule has 3 heterocycles. The number of nitrogens with zero attached hydrogens (tertiary/aromatic N) is 3. The number of hydrogen-bond acceptors (Lipinski definition) is 6.